The quantitative estimate of drug-likeness (QED) is 0.879. The Hall–Kier alpha value is -1.74. The van der Waals surface area contributed by atoms with Gasteiger partial charge in [-0.1, -0.05) is 60.7 Å². The van der Waals surface area contributed by atoms with Gasteiger partial charge in [-0.05, 0) is 22.9 Å². The highest BCUT2D eigenvalue weighted by Crippen LogP contribution is 2.35. The molecule has 0 amide bonds. The molecule has 2 nitrogen and oxygen atoms in total. The van der Waals surface area contributed by atoms with E-state index in [4.69, 9.17) is 5.11 Å². The molecule has 0 aliphatic carbocycles. The molecule has 1 N–H and O–H groups in total. The Morgan fingerprint density at radius 2 is 1.29 bits per heavy atom. The summed E-state index contributed by atoms with van der Waals surface area (Å²) in [6.45, 7) is 0. The van der Waals surface area contributed by atoms with Crippen LogP contribution in [0.3, 0.4) is 0 Å². The number of carboxylic acid groups (broad SMARTS) is 1. The van der Waals surface area contributed by atoms with Gasteiger partial charge in [-0.2, -0.15) is 0 Å². The van der Waals surface area contributed by atoms with Gasteiger partial charge in [0, 0.05) is 0 Å². The highest BCUT2D eigenvalue weighted by molar-refractivity contribution is 8.13. The average Bonchev–Trinajstić information content (AvgIpc) is 2.38. The van der Waals surface area contributed by atoms with Crippen LogP contribution in [0.1, 0.15) is 16.4 Å². The van der Waals surface area contributed by atoms with E-state index in [2.05, 4.69) is 0 Å². The number of thioether (sulfide) groups is 1. The van der Waals surface area contributed by atoms with Crippen molar-refractivity contribution in [3.05, 3.63) is 71.8 Å². The molecule has 2 aromatic rings. The van der Waals surface area contributed by atoms with Gasteiger partial charge in [0.25, 0.3) is 0 Å². The summed E-state index contributed by atoms with van der Waals surface area (Å²) in [6, 6.07) is 19.4. The number of carbonyl (C=O) groups is 1. The molecule has 0 saturated heterocycles. The van der Waals surface area contributed by atoms with Gasteiger partial charge in [-0.3, -0.25) is 0 Å². The second-order valence-corrected chi connectivity index (χ2v) is 4.64. The average molecular weight is 244 g/mol. The molecule has 0 spiro atoms. The van der Waals surface area contributed by atoms with E-state index in [0.29, 0.717) is 0 Å². The lowest BCUT2D eigenvalue weighted by atomic mass is 10.0. The molecule has 0 bridgehead atoms. The monoisotopic (exact) mass is 244 g/mol. The van der Waals surface area contributed by atoms with E-state index >= 15 is 0 Å². The van der Waals surface area contributed by atoms with Crippen LogP contribution in [0.2, 0.25) is 0 Å². The largest absolute Gasteiger partial charge is 0.473 e. The first kappa shape index (κ1) is 11.7. The third-order valence-corrected chi connectivity index (χ3v) is 3.40. The van der Waals surface area contributed by atoms with Crippen molar-refractivity contribution in [2.75, 3.05) is 0 Å². The fourth-order valence-electron chi connectivity index (χ4n) is 1.69. The van der Waals surface area contributed by atoms with Gasteiger partial charge in [-0.25, -0.2) is 4.79 Å². The van der Waals surface area contributed by atoms with Gasteiger partial charge >= 0.3 is 5.30 Å². The zero-order valence-corrected chi connectivity index (χ0v) is 9.93. The summed E-state index contributed by atoms with van der Waals surface area (Å²) in [4.78, 5) is 10.9. The second kappa shape index (κ2) is 5.55. The standard InChI is InChI=1S/C14H12O2S/c15-14(16)17-13(11-7-3-1-4-8-11)12-9-5-2-6-10-12/h1-10,13H,(H,15,16). The Balaban J connectivity index is 2.36. The summed E-state index contributed by atoms with van der Waals surface area (Å²) in [5.74, 6) is 0. The molecule has 0 heterocycles. The first-order valence-corrected chi connectivity index (χ1v) is 6.15. The molecular formula is C14H12O2S. The summed E-state index contributed by atoms with van der Waals surface area (Å²) >= 11 is 0.922. The summed E-state index contributed by atoms with van der Waals surface area (Å²) in [5.41, 5.74) is 2.01. The molecule has 0 aromatic heterocycles. The molecule has 2 rings (SSSR count). The van der Waals surface area contributed by atoms with Crippen LogP contribution in [0.5, 0.6) is 0 Å². The van der Waals surface area contributed by atoms with Gasteiger partial charge in [0.1, 0.15) is 0 Å². The van der Waals surface area contributed by atoms with E-state index in [9.17, 15) is 4.79 Å². The van der Waals surface area contributed by atoms with Crippen molar-refractivity contribution in [2.24, 2.45) is 0 Å². The normalized spacial score (nSPS) is 10.4. The van der Waals surface area contributed by atoms with E-state index < -0.39 is 5.30 Å². The Kier molecular flexibility index (Phi) is 3.83. The first-order chi connectivity index (χ1) is 8.27. The fraction of sp³-hybridized carbons (Fsp3) is 0.0714. The van der Waals surface area contributed by atoms with E-state index in [1.165, 1.54) is 0 Å². The molecule has 0 radical (unpaired) electrons. The third kappa shape index (κ3) is 3.11. The van der Waals surface area contributed by atoms with E-state index in [-0.39, 0.29) is 5.25 Å². The van der Waals surface area contributed by atoms with Crippen LogP contribution in [0.15, 0.2) is 60.7 Å². The first-order valence-electron chi connectivity index (χ1n) is 5.27. The maximum absolute atomic E-state index is 10.9. The highest BCUT2D eigenvalue weighted by atomic mass is 32.2. The Bertz CT molecular complexity index is 443. The minimum absolute atomic E-state index is 0.158. The predicted molar refractivity (Wildman–Crippen MR) is 70.3 cm³/mol. The fourth-order valence-corrected chi connectivity index (χ4v) is 2.47. The van der Waals surface area contributed by atoms with E-state index in [0.717, 1.165) is 22.9 Å². The minimum Gasteiger partial charge on any atom is -0.473 e. The Morgan fingerprint density at radius 1 is 0.882 bits per heavy atom. The zero-order chi connectivity index (χ0) is 12.1. The molecule has 0 fully saturated rings. The van der Waals surface area contributed by atoms with Gasteiger partial charge in [0.2, 0.25) is 0 Å². The smallest absolute Gasteiger partial charge is 0.365 e. The summed E-state index contributed by atoms with van der Waals surface area (Å²) in [5, 5.41) is 7.95. The van der Waals surface area contributed by atoms with Crippen molar-refractivity contribution in [1.29, 1.82) is 0 Å². The maximum Gasteiger partial charge on any atom is 0.365 e. The summed E-state index contributed by atoms with van der Waals surface area (Å²) in [6.07, 6.45) is 0. The molecule has 0 aliphatic rings. The van der Waals surface area contributed by atoms with Crippen molar-refractivity contribution >= 4 is 17.1 Å². The molecule has 0 aliphatic heterocycles. The summed E-state index contributed by atoms with van der Waals surface area (Å²) < 4.78 is 0. The van der Waals surface area contributed by atoms with Gasteiger partial charge < -0.3 is 5.11 Å². The van der Waals surface area contributed by atoms with Gasteiger partial charge in [0.05, 0.1) is 5.25 Å². The Morgan fingerprint density at radius 3 is 1.65 bits per heavy atom. The zero-order valence-electron chi connectivity index (χ0n) is 9.11. The van der Waals surface area contributed by atoms with Crippen LogP contribution in [-0.2, 0) is 0 Å². The lowest BCUT2D eigenvalue weighted by molar-refractivity contribution is 0.222. The van der Waals surface area contributed by atoms with Crippen molar-refractivity contribution in [2.45, 2.75) is 5.25 Å². The van der Waals surface area contributed by atoms with Crippen molar-refractivity contribution < 1.29 is 9.90 Å². The van der Waals surface area contributed by atoms with E-state index in [1.807, 2.05) is 60.7 Å². The molecule has 0 saturated carbocycles. The molecule has 3 heteroatoms. The van der Waals surface area contributed by atoms with Crippen molar-refractivity contribution in [3.8, 4) is 0 Å². The van der Waals surface area contributed by atoms with Crippen molar-refractivity contribution in [3.63, 3.8) is 0 Å². The Labute approximate surface area is 104 Å². The minimum atomic E-state index is -0.859. The second-order valence-electron chi connectivity index (χ2n) is 3.59. The highest BCUT2D eigenvalue weighted by Gasteiger charge is 2.17. The molecule has 17 heavy (non-hydrogen) atoms. The molecule has 86 valence electrons. The van der Waals surface area contributed by atoms with Crippen LogP contribution in [0.4, 0.5) is 4.79 Å². The number of benzene rings is 2. The lowest BCUT2D eigenvalue weighted by Gasteiger charge is -2.14. The molecule has 0 unspecified atom stereocenters. The van der Waals surface area contributed by atoms with Crippen LogP contribution >= 0.6 is 11.8 Å². The van der Waals surface area contributed by atoms with Crippen molar-refractivity contribution in [1.82, 2.24) is 0 Å². The SMILES string of the molecule is O=C(O)SC(c1ccccc1)c1ccccc1. The maximum atomic E-state index is 10.9. The number of rotatable bonds is 3. The lowest BCUT2D eigenvalue weighted by Crippen LogP contribution is -1.99. The topological polar surface area (TPSA) is 37.3 Å². The van der Waals surface area contributed by atoms with E-state index in [1.54, 1.807) is 0 Å². The summed E-state index contributed by atoms with van der Waals surface area (Å²) in [7, 11) is 0. The molecular weight excluding hydrogens is 232 g/mol. The van der Waals surface area contributed by atoms with Gasteiger partial charge in [0.15, 0.2) is 0 Å². The number of hydrogen-bond donors (Lipinski definition) is 1. The third-order valence-electron chi connectivity index (χ3n) is 2.42. The van der Waals surface area contributed by atoms with Crippen LogP contribution in [0, 0.1) is 0 Å². The van der Waals surface area contributed by atoms with Crippen LogP contribution in [0.25, 0.3) is 0 Å². The van der Waals surface area contributed by atoms with Crippen LogP contribution in [-0.4, -0.2) is 10.4 Å². The molecule has 0 atom stereocenters. The van der Waals surface area contributed by atoms with Crippen LogP contribution < -0.4 is 0 Å². The van der Waals surface area contributed by atoms with Gasteiger partial charge in [-0.15, -0.1) is 0 Å². The molecule has 2 aromatic carbocycles. The predicted octanol–water partition coefficient (Wildman–Crippen LogP) is 4.19. The number of hydrogen-bond acceptors (Lipinski definition) is 2.